The van der Waals surface area contributed by atoms with Crippen LogP contribution in [0.15, 0.2) is 23.8 Å². The SMILES string of the molecule is C[C@@H]1C[C@H]2[C@@H]3CCC4=CC(=O)C=C[C@]4(C)[C@H]3C(=O)C[C@]2(C)[C@H]1C(=O)COC(=O)C(C)(C)C. The molecule has 0 amide bonds. The number of allylic oxidation sites excluding steroid dienone is 4. The molecule has 3 fully saturated rings. The third-order valence-corrected chi connectivity index (χ3v) is 8.90. The van der Waals surface area contributed by atoms with Crippen molar-refractivity contribution in [3.8, 4) is 0 Å². The summed E-state index contributed by atoms with van der Waals surface area (Å²) in [6, 6.07) is 0. The van der Waals surface area contributed by atoms with E-state index in [1.165, 1.54) is 0 Å². The molecule has 7 atom stereocenters. The highest BCUT2D eigenvalue weighted by molar-refractivity contribution is 6.02. The van der Waals surface area contributed by atoms with Gasteiger partial charge in [-0.25, -0.2) is 0 Å². The van der Waals surface area contributed by atoms with Crippen LogP contribution in [-0.2, 0) is 23.9 Å². The predicted molar refractivity (Wildman–Crippen MR) is 120 cm³/mol. The first-order valence-corrected chi connectivity index (χ1v) is 12.0. The van der Waals surface area contributed by atoms with Gasteiger partial charge in [-0.05, 0) is 75.4 Å². The summed E-state index contributed by atoms with van der Waals surface area (Å²) < 4.78 is 5.36. The van der Waals surface area contributed by atoms with Gasteiger partial charge in [0.05, 0.1) is 5.41 Å². The molecule has 0 N–H and O–H groups in total. The lowest BCUT2D eigenvalue weighted by molar-refractivity contribution is -0.159. The molecular formula is C27H36O5. The predicted octanol–water partition coefficient (Wildman–Crippen LogP) is 4.49. The maximum atomic E-state index is 13.6. The van der Waals surface area contributed by atoms with Gasteiger partial charge in [0.1, 0.15) is 12.4 Å². The molecule has 0 heterocycles. The van der Waals surface area contributed by atoms with Crippen molar-refractivity contribution in [1.82, 2.24) is 0 Å². The molecule has 0 aromatic heterocycles. The first kappa shape index (κ1) is 23.1. The number of rotatable bonds is 3. The number of hydrogen-bond donors (Lipinski definition) is 0. The molecule has 5 heteroatoms. The van der Waals surface area contributed by atoms with Gasteiger partial charge >= 0.3 is 5.97 Å². The maximum absolute atomic E-state index is 13.6. The Hall–Kier alpha value is -2.04. The van der Waals surface area contributed by atoms with Gasteiger partial charge in [-0.1, -0.05) is 32.4 Å². The zero-order valence-corrected chi connectivity index (χ0v) is 20.2. The minimum absolute atomic E-state index is 0.00831. The van der Waals surface area contributed by atoms with Gasteiger partial charge in [-0.2, -0.15) is 0 Å². The molecule has 32 heavy (non-hydrogen) atoms. The fraction of sp³-hybridized carbons (Fsp3) is 0.704. The van der Waals surface area contributed by atoms with E-state index < -0.39 is 16.2 Å². The Morgan fingerprint density at radius 1 is 1.19 bits per heavy atom. The van der Waals surface area contributed by atoms with Crippen molar-refractivity contribution in [1.29, 1.82) is 0 Å². The number of carbonyl (C=O) groups excluding carboxylic acids is 4. The van der Waals surface area contributed by atoms with Crippen LogP contribution in [0.1, 0.15) is 67.2 Å². The van der Waals surface area contributed by atoms with Crippen LogP contribution in [0.25, 0.3) is 0 Å². The van der Waals surface area contributed by atoms with E-state index in [1.807, 2.05) is 6.08 Å². The monoisotopic (exact) mass is 440 g/mol. The summed E-state index contributed by atoms with van der Waals surface area (Å²) in [6.07, 6.45) is 8.28. The molecule has 4 aliphatic rings. The fourth-order valence-electron chi connectivity index (χ4n) is 7.53. The molecule has 0 aliphatic heterocycles. The summed E-state index contributed by atoms with van der Waals surface area (Å²) >= 11 is 0. The van der Waals surface area contributed by atoms with Gasteiger partial charge in [-0.3, -0.25) is 19.2 Å². The smallest absolute Gasteiger partial charge is 0.311 e. The summed E-state index contributed by atoms with van der Waals surface area (Å²) in [7, 11) is 0. The largest absolute Gasteiger partial charge is 0.457 e. The van der Waals surface area contributed by atoms with Crippen molar-refractivity contribution in [2.45, 2.75) is 67.2 Å². The summed E-state index contributed by atoms with van der Waals surface area (Å²) in [6.45, 7) is 11.4. The minimum atomic E-state index is -0.653. The lowest BCUT2D eigenvalue weighted by Crippen LogP contribution is -2.55. The van der Waals surface area contributed by atoms with Gasteiger partial charge in [0, 0.05) is 23.7 Å². The Morgan fingerprint density at radius 3 is 2.53 bits per heavy atom. The van der Waals surface area contributed by atoms with Crippen molar-refractivity contribution in [2.24, 2.45) is 45.8 Å². The van der Waals surface area contributed by atoms with Crippen molar-refractivity contribution in [2.75, 3.05) is 6.61 Å². The summed E-state index contributed by atoms with van der Waals surface area (Å²) in [5.41, 5.74) is -0.382. The van der Waals surface area contributed by atoms with Crippen molar-refractivity contribution >= 4 is 23.3 Å². The normalized spacial score (nSPS) is 40.8. The standard InChI is InChI=1S/C27H36O5/c1-15-11-19-18-8-7-16-12-17(28)9-10-26(16,5)23(18)20(29)13-27(19,6)22(15)21(30)14-32-24(31)25(2,3)4/h9-10,12,15,18-19,22-23H,7-8,11,13-14H2,1-6H3/t15-,18+,19+,22-,23-,26+,27+/m1/s1. The van der Waals surface area contributed by atoms with Gasteiger partial charge in [-0.15, -0.1) is 0 Å². The van der Waals surface area contributed by atoms with E-state index in [0.29, 0.717) is 6.42 Å². The van der Waals surface area contributed by atoms with E-state index in [2.05, 4.69) is 20.8 Å². The molecule has 0 bridgehead atoms. The van der Waals surface area contributed by atoms with Gasteiger partial charge in [0.25, 0.3) is 0 Å². The second kappa shape index (κ2) is 7.50. The van der Waals surface area contributed by atoms with Crippen molar-refractivity contribution in [3.63, 3.8) is 0 Å². The molecule has 0 unspecified atom stereocenters. The van der Waals surface area contributed by atoms with Crippen LogP contribution in [0, 0.1) is 45.8 Å². The van der Waals surface area contributed by atoms with Gasteiger partial charge in [0.15, 0.2) is 11.6 Å². The highest BCUT2D eigenvalue weighted by Crippen LogP contribution is 2.66. The van der Waals surface area contributed by atoms with Gasteiger partial charge in [0.2, 0.25) is 0 Å². The first-order chi connectivity index (χ1) is 14.8. The highest BCUT2D eigenvalue weighted by Gasteiger charge is 2.64. The van der Waals surface area contributed by atoms with Crippen LogP contribution in [0.2, 0.25) is 0 Å². The van der Waals surface area contributed by atoms with E-state index in [1.54, 1.807) is 32.9 Å². The fourth-order valence-corrected chi connectivity index (χ4v) is 7.53. The number of carbonyl (C=O) groups is 4. The lowest BCUT2D eigenvalue weighted by Gasteiger charge is -2.55. The third-order valence-electron chi connectivity index (χ3n) is 8.90. The molecule has 0 aromatic rings. The summed E-state index contributed by atoms with van der Waals surface area (Å²) in [5.74, 6) is -0.00846. The lowest BCUT2D eigenvalue weighted by atomic mass is 9.47. The maximum Gasteiger partial charge on any atom is 0.311 e. The molecule has 5 nitrogen and oxygen atoms in total. The molecule has 4 rings (SSSR count). The van der Waals surface area contributed by atoms with Crippen LogP contribution in [-0.4, -0.2) is 29.9 Å². The Morgan fingerprint density at radius 2 is 1.88 bits per heavy atom. The molecular weight excluding hydrogens is 404 g/mol. The van der Waals surface area contributed by atoms with Crippen molar-refractivity contribution in [3.05, 3.63) is 23.8 Å². The van der Waals surface area contributed by atoms with E-state index >= 15 is 0 Å². The third kappa shape index (κ3) is 3.43. The first-order valence-electron chi connectivity index (χ1n) is 12.0. The van der Waals surface area contributed by atoms with Crippen LogP contribution in [0.4, 0.5) is 0 Å². The zero-order chi connectivity index (χ0) is 23.6. The molecule has 0 spiro atoms. The van der Waals surface area contributed by atoms with Crippen LogP contribution in [0.5, 0.6) is 0 Å². The van der Waals surface area contributed by atoms with Crippen LogP contribution >= 0.6 is 0 Å². The number of ether oxygens (including phenoxy) is 1. The Kier molecular flexibility index (Phi) is 5.42. The molecule has 0 radical (unpaired) electrons. The number of fused-ring (bicyclic) bond motifs is 5. The average molecular weight is 441 g/mol. The Bertz CT molecular complexity index is 934. The van der Waals surface area contributed by atoms with Crippen LogP contribution in [0.3, 0.4) is 0 Å². The number of esters is 1. The molecule has 0 aromatic carbocycles. The minimum Gasteiger partial charge on any atom is -0.457 e. The van der Waals surface area contributed by atoms with Crippen molar-refractivity contribution < 1.29 is 23.9 Å². The zero-order valence-electron chi connectivity index (χ0n) is 20.2. The Balaban J connectivity index is 1.60. The Labute approximate surface area is 191 Å². The number of ketones is 3. The van der Waals surface area contributed by atoms with Crippen LogP contribution < -0.4 is 0 Å². The van der Waals surface area contributed by atoms with E-state index in [9.17, 15) is 19.2 Å². The second-order valence-electron chi connectivity index (χ2n) is 12.1. The van der Waals surface area contributed by atoms with E-state index in [4.69, 9.17) is 4.74 Å². The quantitative estimate of drug-likeness (QED) is 0.604. The molecule has 0 saturated heterocycles. The summed E-state index contributed by atoms with van der Waals surface area (Å²) in [5, 5.41) is 0. The number of Topliss-reactive ketones (excluding diaryl/α,β-unsaturated/α-hetero) is 2. The highest BCUT2D eigenvalue weighted by atomic mass is 16.5. The van der Waals surface area contributed by atoms with E-state index in [-0.39, 0.29) is 59.5 Å². The molecule has 174 valence electrons. The molecule has 3 saturated carbocycles. The van der Waals surface area contributed by atoms with Gasteiger partial charge < -0.3 is 4.74 Å². The number of hydrogen-bond acceptors (Lipinski definition) is 5. The average Bonchev–Trinajstić information content (AvgIpc) is 2.95. The molecule has 4 aliphatic carbocycles. The second-order valence-corrected chi connectivity index (χ2v) is 12.1. The topological polar surface area (TPSA) is 77.5 Å². The summed E-state index contributed by atoms with van der Waals surface area (Å²) in [4.78, 5) is 51.1. The van der Waals surface area contributed by atoms with E-state index in [0.717, 1.165) is 24.8 Å².